The summed E-state index contributed by atoms with van der Waals surface area (Å²) in [7, 11) is 0. The molecule has 1 aliphatic rings. The summed E-state index contributed by atoms with van der Waals surface area (Å²) in [6.07, 6.45) is 6.05. The minimum atomic E-state index is 0.412. The zero-order valence-corrected chi connectivity index (χ0v) is 10.6. The van der Waals surface area contributed by atoms with Gasteiger partial charge in [-0.2, -0.15) is 5.10 Å². The summed E-state index contributed by atoms with van der Waals surface area (Å²) in [6, 6.07) is 8.89. The zero-order chi connectivity index (χ0) is 12.4. The molecule has 1 aromatic heterocycles. The van der Waals surface area contributed by atoms with Crippen LogP contribution in [-0.4, -0.2) is 21.3 Å². The van der Waals surface area contributed by atoms with Crippen LogP contribution in [0.3, 0.4) is 0 Å². The average molecular weight is 242 g/mol. The van der Waals surface area contributed by atoms with Crippen molar-refractivity contribution in [2.75, 3.05) is 6.54 Å². The van der Waals surface area contributed by atoms with Crippen LogP contribution in [0.5, 0.6) is 0 Å². The normalized spacial score (nSPS) is 16.7. The number of hydrogen-bond donors (Lipinski definition) is 1. The van der Waals surface area contributed by atoms with E-state index in [9.17, 15) is 0 Å². The maximum Gasteiger partial charge on any atom is 0.138 e. The smallest absolute Gasteiger partial charge is 0.138 e. The van der Waals surface area contributed by atoms with E-state index >= 15 is 0 Å². The fourth-order valence-electron chi connectivity index (χ4n) is 2.04. The number of rotatable bonds is 5. The average Bonchev–Trinajstić information content (AvgIpc) is 3.08. The molecule has 0 saturated heterocycles. The van der Waals surface area contributed by atoms with Gasteiger partial charge in [-0.3, -0.25) is 0 Å². The largest absolute Gasteiger partial charge is 0.310 e. The molecule has 1 heterocycles. The van der Waals surface area contributed by atoms with Gasteiger partial charge in [0.1, 0.15) is 12.7 Å². The van der Waals surface area contributed by atoms with Crippen molar-refractivity contribution in [3.05, 3.63) is 42.5 Å². The highest BCUT2D eigenvalue weighted by Gasteiger charge is 2.21. The second-order valence-corrected chi connectivity index (χ2v) is 5.00. The first-order valence-corrected chi connectivity index (χ1v) is 6.51. The maximum absolute atomic E-state index is 4.12. The van der Waals surface area contributed by atoms with Gasteiger partial charge in [0.2, 0.25) is 0 Å². The zero-order valence-electron chi connectivity index (χ0n) is 10.6. The summed E-state index contributed by atoms with van der Waals surface area (Å²) in [4.78, 5) is 3.95. The molecule has 1 fully saturated rings. The van der Waals surface area contributed by atoms with Crippen LogP contribution in [0.4, 0.5) is 0 Å². The van der Waals surface area contributed by atoms with Gasteiger partial charge in [0, 0.05) is 6.04 Å². The van der Waals surface area contributed by atoms with Crippen molar-refractivity contribution in [3.63, 3.8) is 0 Å². The van der Waals surface area contributed by atoms with Crippen LogP contribution < -0.4 is 5.32 Å². The van der Waals surface area contributed by atoms with E-state index in [1.807, 2.05) is 0 Å². The van der Waals surface area contributed by atoms with E-state index in [-0.39, 0.29) is 0 Å². The van der Waals surface area contributed by atoms with Crippen molar-refractivity contribution in [1.82, 2.24) is 20.1 Å². The molecular weight excluding hydrogens is 224 g/mol. The fourth-order valence-corrected chi connectivity index (χ4v) is 2.04. The maximum atomic E-state index is 4.12. The first kappa shape index (κ1) is 11.4. The van der Waals surface area contributed by atoms with Crippen molar-refractivity contribution >= 4 is 0 Å². The molecule has 2 aromatic rings. The van der Waals surface area contributed by atoms with Gasteiger partial charge >= 0.3 is 0 Å². The number of aromatic nitrogens is 3. The fraction of sp³-hybridized carbons (Fsp3) is 0.429. The van der Waals surface area contributed by atoms with E-state index < -0.39 is 0 Å². The minimum Gasteiger partial charge on any atom is -0.310 e. The van der Waals surface area contributed by atoms with Gasteiger partial charge in [0.15, 0.2) is 0 Å². The molecular formula is C14H18N4. The topological polar surface area (TPSA) is 42.7 Å². The van der Waals surface area contributed by atoms with E-state index in [0.717, 1.165) is 18.2 Å². The molecule has 0 unspecified atom stereocenters. The van der Waals surface area contributed by atoms with Crippen LogP contribution >= 0.6 is 0 Å². The van der Waals surface area contributed by atoms with Crippen LogP contribution in [-0.2, 0) is 0 Å². The molecule has 1 aliphatic carbocycles. The number of hydrogen-bond acceptors (Lipinski definition) is 3. The van der Waals surface area contributed by atoms with E-state index in [2.05, 4.69) is 46.6 Å². The molecule has 0 aliphatic heterocycles. The van der Waals surface area contributed by atoms with Crippen LogP contribution in [0.1, 0.15) is 31.4 Å². The first-order valence-electron chi connectivity index (χ1n) is 6.51. The monoisotopic (exact) mass is 242 g/mol. The lowest BCUT2D eigenvalue weighted by atomic mass is 10.1. The third kappa shape index (κ3) is 2.59. The summed E-state index contributed by atoms with van der Waals surface area (Å²) in [5.74, 6) is 0.918. The molecule has 0 spiro atoms. The molecule has 0 radical (unpaired) electrons. The highest BCUT2D eigenvalue weighted by Crippen LogP contribution is 2.28. The van der Waals surface area contributed by atoms with E-state index in [1.54, 1.807) is 17.3 Å². The highest BCUT2D eigenvalue weighted by atomic mass is 15.3. The molecule has 1 saturated carbocycles. The van der Waals surface area contributed by atoms with Crippen molar-refractivity contribution < 1.29 is 0 Å². The number of nitrogens with zero attached hydrogens (tertiary/aromatic N) is 3. The summed E-state index contributed by atoms with van der Waals surface area (Å²) < 4.78 is 1.77. The quantitative estimate of drug-likeness (QED) is 0.875. The van der Waals surface area contributed by atoms with Crippen molar-refractivity contribution in [3.8, 4) is 5.69 Å². The molecule has 0 bridgehead atoms. The highest BCUT2D eigenvalue weighted by molar-refractivity contribution is 5.34. The van der Waals surface area contributed by atoms with E-state index in [4.69, 9.17) is 0 Å². The molecule has 3 rings (SSSR count). The second-order valence-electron chi connectivity index (χ2n) is 5.00. The van der Waals surface area contributed by atoms with Crippen LogP contribution in [0.25, 0.3) is 5.69 Å². The molecule has 1 N–H and O–H groups in total. The lowest BCUT2D eigenvalue weighted by Crippen LogP contribution is -2.21. The SMILES string of the molecule is C[C@@H](NCC1CC1)c1ccc(-n2cncn2)cc1. The Morgan fingerprint density at radius 3 is 2.72 bits per heavy atom. The molecule has 4 nitrogen and oxygen atoms in total. The van der Waals surface area contributed by atoms with E-state index in [0.29, 0.717) is 6.04 Å². The van der Waals surface area contributed by atoms with Crippen LogP contribution in [0.15, 0.2) is 36.9 Å². The molecule has 4 heteroatoms. The summed E-state index contributed by atoms with van der Waals surface area (Å²) >= 11 is 0. The Balaban J connectivity index is 1.66. The van der Waals surface area contributed by atoms with Crippen molar-refractivity contribution in [2.24, 2.45) is 5.92 Å². The van der Waals surface area contributed by atoms with Gasteiger partial charge in [-0.25, -0.2) is 9.67 Å². The predicted octanol–water partition coefficient (Wildman–Crippen LogP) is 2.33. The Labute approximate surface area is 107 Å². The Bertz CT molecular complexity index is 485. The standard InChI is InChI=1S/C14H18N4/c1-11(16-8-12-2-3-12)13-4-6-14(7-5-13)18-10-15-9-17-18/h4-7,9-12,16H,2-3,8H2,1H3/t11-/m1/s1. The lowest BCUT2D eigenvalue weighted by molar-refractivity contribution is 0.549. The molecule has 1 aromatic carbocycles. The van der Waals surface area contributed by atoms with Gasteiger partial charge in [0.05, 0.1) is 5.69 Å². The number of benzene rings is 1. The van der Waals surface area contributed by atoms with Gasteiger partial charge in [-0.15, -0.1) is 0 Å². The van der Waals surface area contributed by atoms with E-state index in [1.165, 1.54) is 18.4 Å². The van der Waals surface area contributed by atoms with Crippen LogP contribution in [0, 0.1) is 5.92 Å². The molecule has 18 heavy (non-hydrogen) atoms. The third-order valence-corrected chi connectivity index (χ3v) is 3.49. The Kier molecular flexibility index (Phi) is 3.11. The Morgan fingerprint density at radius 2 is 2.11 bits per heavy atom. The van der Waals surface area contributed by atoms with Gasteiger partial charge < -0.3 is 5.32 Å². The summed E-state index contributed by atoms with van der Waals surface area (Å²) in [5, 5.41) is 7.70. The summed E-state index contributed by atoms with van der Waals surface area (Å²) in [6.45, 7) is 3.36. The molecule has 94 valence electrons. The third-order valence-electron chi connectivity index (χ3n) is 3.49. The van der Waals surface area contributed by atoms with Gasteiger partial charge in [-0.1, -0.05) is 12.1 Å². The summed E-state index contributed by atoms with van der Waals surface area (Å²) in [5.41, 5.74) is 2.37. The molecule has 0 amide bonds. The molecule has 1 atom stereocenters. The first-order chi connectivity index (χ1) is 8.83. The lowest BCUT2D eigenvalue weighted by Gasteiger charge is -2.14. The Hall–Kier alpha value is -1.68. The van der Waals surface area contributed by atoms with Crippen molar-refractivity contribution in [1.29, 1.82) is 0 Å². The van der Waals surface area contributed by atoms with Crippen molar-refractivity contribution in [2.45, 2.75) is 25.8 Å². The minimum absolute atomic E-state index is 0.412. The Morgan fingerprint density at radius 1 is 1.33 bits per heavy atom. The number of nitrogens with one attached hydrogen (secondary N) is 1. The van der Waals surface area contributed by atoms with Gasteiger partial charge in [0.25, 0.3) is 0 Å². The predicted molar refractivity (Wildman–Crippen MR) is 70.5 cm³/mol. The van der Waals surface area contributed by atoms with Gasteiger partial charge in [-0.05, 0) is 49.9 Å². The second kappa shape index (κ2) is 4.90. The van der Waals surface area contributed by atoms with Crippen LogP contribution in [0.2, 0.25) is 0 Å².